The number of ketones is 1. The molecule has 0 spiro atoms. The third-order valence-corrected chi connectivity index (χ3v) is 2.35. The smallest absolute Gasteiger partial charge is 0.337 e. The molecular weight excluding hydrogens is 228 g/mol. The van der Waals surface area contributed by atoms with Crippen molar-refractivity contribution in [1.29, 1.82) is 0 Å². The number of Topliss-reactive ketones (excluding diaryl/α,β-unsaturated/α-hetero) is 1. The molecule has 0 bridgehead atoms. The van der Waals surface area contributed by atoms with Gasteiger partial charge in [-0.1, -0.05) is 24.3 Å². The minimum Gasteiger partial charge on any atom is -0.479 e. The second kappa shape index (κ2) is 5.67. The van der Waals surface area contributed by atoms with Gasteiger partial charge in [0.1, 0.15) is 0 Å². The zero-order valence-corrected chi connectivity index (χ0v) is 9.35. The maximum Gasteiger partial charge on any atom is 0.337 e. The van der Waals surface area contributed by atoms with E-state index in [0.717, 1.165) is 0 Å². The van der Waals surface area contributed by atoms with E-state index in [0.29, 0.717) is 5.75 Å². The van der Waals surface area contributed by atoms with E-state index in [9.17, 15) is 14.7 Å². The number of benzene rings is 1. The van der Waals surface area contributed by atoms with Gasteiger partial charge in [-0.3, -0.25) is 4.79 Å². The number of hydrogen-bond donors (Lipinski definition) is 3. The molecule has 0 heterocycles. The van der Waals surface area contributed by atoms with Crippen molar-refractivity contribution >= 4 is 24.4 Å². The molecule has 16 heavy (non-hydrogen) atoms. The van der Waals surface area contributed by atoms with Crippen molar-refractivity contribution in [3.63, 3.8) is 0 Å². The van der Waals surface area contributed by atoms with Crippen LogP contribution < -0.4 is 0 Å². The monoisotopic (exact) mass is 240 g/mol. The van der Waals surface area contributed by atoms with E-state index in [1.54, 1.807) is 12.1 Å². The number of aliphatic hydroxyl groups excluding tert-OH is 1. The zero-order chi connectivity index (χ0) is 12.1. The molecule has 0 aliphatic rings. The SMILES string of the molecule is O=C(CCS)c1ccccc1C(O)C(=O)O. The molecule has 0 radical (unpaired) electrons. The predicted molar refractivity (Wildman–Crippen MR) is 61.8 cm³/mol. The molecule has 5 heteroatoms. The van der Waals surface area contributed by atoms with Crippen LogP contribution >= 0.6 is 12.6 Å². The fraction of sp³-hybridized carbons (Fsp3) is 0.273. The van der Waals surface area contributed by atoms with E-state index in [-0.39, 0.29) is 23.3 Å². The molecule has 0 saturated heterocycles. The molecule has 0 saturated carbocycles. The van der Waals surface area contributed by atoms with Crippen LogP contribution in [0, 0.1) is 0 Å². The molecule has 1 unspecified atom stereocenters. The van der Waals surface area contributed by atoms with Crippen molar-refractivity contribution in [3.05, 3.63) is 35.4 Å². The summed E-state index contributed by atoms with van der Waals surface area (Å²) in [6.07, 6.45) is -1.45. The van der Waals surface area contributed by atoms with Crippen LogP contribution in [0.2, 0.25) is 0 Å². The quantitative estimate of drug-likeness (QED) is 0.536. The van der Waals surface area contributed by atoms with Crippen LogP contribution in [-0.2, 0) is 4.79 Å². The highest BCUT2D eigenvalue weighted by molar-refractivity contribution is 7.80. The Labute approximate surface area is 98.3 Å². The highest BCUT2D eigenvalue weighted by Crippen LogP contribution is 2.19. The molecule has 0 aliphatic carbocycles. The molecule has 1 rings (SSSR count). The van der Waals surface area contributed by atoms with Crippen LogP contribution in [-0.4, -0.2) is 27.7 Å². The summed E-state index contributed by atoms with van der Waals surface area (Å²) in [6.45, 7) is 0. The first-order chi connectivity index (χ1) is 7.57. The summed E-state index contributed by atoms with van der Waals surface area (Å²) >= 11 is 3.94. The Morgan fingerprint density at radius 1 is 1.31 bits per heavy atom. The second-order valence-electron chi connectivity index (χ2n) is 3.22. The Hall–Kier alpha value is -1.33. The van der Waals surface area contributed by atoms with Gasteiger partial charge in [0.25, 0.3) is 0 Å². The molecule has 86 valence electrons. The lowest BCUT2D eigenvalue weighted by Gasteiger charge is -2.10. The number of thiol groups is 1. The summed E-state index contributed by atoms with van der Waals surface area (Å²) in [5.74, 6) is -1.20. The number of carboxylic acid groups (broad SMARTS) is 1. The Kier molecular flexibility index (Phi) is 4.52. The maximum atomic E-state index is 11.6. The fourth-order valence-electron chi connectivity index (χ4n) is 1.36. The normalized spacial score (nSPS) is 12.1. The molecule has 1 atom stereocenters. The lowest BCUT2D eigenvalue weighted by molar-refractivity contribution is -0.146. The fourth-order valence-corrected chi connectivity index (χ4v) is 1.56. The van der Waals surface area contributed by atoms with E-state index in [1.807, 2.05) is 0 Å². The minimum absolute atomic E-state index is 0.127. The Morgan fingerprint density at radius 3 is 2.50 bits per heavy atom. The van der Waals surface area contributed by atoms with Gasteiger partial charge in [-0.25, -0.2) is 4.79 Å². The summed E-state index contributed by atoms with van der Waals surface area (Å²) < 4.78 is 0. The summed E-state index contributed by atoms with van der Waals surface area (Å²) in [7, 11) is 0. The molecule has 1 aromatic carbocycles. The first kappa shape index (κ1) is 12.7. The summed E-state index contributed by atoms with van der Waals surface area (Å²) in [6, 6.07) is 6.15. The standard InChI is InChI=1S/C11H12O4S/c12-9(5-6-16)7-3-1-2-4-8(7)10(13)11(14)15/h1-4,10,13,16H,5-6H2,(H,14,15). The third kappa shape index (κ3) is 2.84. The molecular formula is C11H12O4S. The van der Waals surface area contributed by atoms with Gasteiger partial charge in [-0.05, 0) is 5.75 Å². The van der Waals surface area contributed by atoms with Gasteiger partial charge in [0, 0.05) is 17.5 Å². The van der Waals surface area contributed by atoms with Crippen LogP contribution in [0.5, 0.6) is 0 Å². The molecule has 0 fully saturated rings. The summed E-state index contributed by atoms with van der Waals surface area (Å²) in [5.41, 5.74) is 0.369. The third-order valence-electron chi connectivity index (χ3n) is 2.13. The first-order valence-corrected chi connectivity index (χ1v) is 5.35. The molecule has 0 amide bonds. The molecule has 1 aromatic rings. The van der Waals surface area contributed by atoms with Crippen LogP contribution in [0.1, 0.15) is 28.4 Å². The van der Waals surface area contributed by atoms with Crippen LogP contribution in [0.4, 0.5) is 0 Å². The second-order valence-corrected chi connectivity index (χ2v) is 3.67. The summed E-state index contributed by atoms with van der Waals surface area (Å²) in [4.78, 5) is 22.3. The van der Waals surface area contributed by atoms with Gasteiger partial charge in [-0.15, -0.1) is 0 Å². The number of carboxylic acids is 1. The van der Waals surface area contributed by atoms with Crippen molar-refractivity contribution in [3.8, 4) is 0 Å². The number of aliphatic hydroxyl groups is 1. The average Bonchev–Trinajstić information content (AvgIpc) is 2.28. The molecule has 0 aliphatic heterocycles. The van der Waals surface area contributed by atoms with Crippen LogP contribution in [0.15, 0.2) is 24.3 Å². The molecule has 0 aromatic heterocycles. The van der Waals surface area contributed by atoms with Crippen molar-refractivity contribution in [2.24, 2.45) is 0 Å². The van der Waals surface area contributed by atoms with Gasteiger partial charge in [-0.2, -0.15) is 12.6 Å². The highest BCUT2D eigenvalue weighted by atomic mass is 32.1. The van der Waals surface area contributed by atoms with E-state index in [1.165, 1.54) is 12.1 Å². The van der Waals surface area contributed by atoms with Crippen molar-refractivity contribution in [2.45, 2.75) is 12.5 Å². The van der Waals surface area contributed by atoms with Gasteiger partial charge < -0.3 is 10.2 Å². The van der Waals surface area contributed by atoms with Gasteiger partial charge >= 0.3 is 5.97 Å². The molecule has 4 nitrogen and oxygen atoms in total. The predicted octanol–water partition coefficient (Wildman–Crippen LogP) is 1.31. The minimum atomic E-state index is -1.67. The van der Waals surface area contributed by atoms with Gasteiger partial charge in [0.05, 0.1) is 0 Å². The number of aliphatic carboxylic acids is 1. The number of rotatable bonds is 5. The lowest BCUT2D eigenvalue weighted by Crippen LogP contribution is -2.15. The van der Waals surface area contributed by atoms with Gasteiger partial charge in [0.15, 0.2) is 11.9 Å². The van der Waals surface area contributed by atoms with E-state index >= 15 is 0 Å². The zero-order valence-electron chi connectivity index (χ0n) is 8.46. The first-order valence-electron chi connectivity index (χ1n) is 4.71. The Bertz CT molecular complexity index is 403. The van der Waals surface area contributed by atoms with Crippen LogP contribution in [0.3, 0.4) is 0 Å². The van der Waals surface area contributed by atoms with E-state index < -0.39 is 12.1 Å². The van der Waals surface area contributed by atoms with Gasteiger partial charge in [0.2, 0.25) is 0 Å². The highest BCUT2D eigenvalue weighted by Gasteiger charge is 2.21. The lowest BCUT2D eigenvalue weighted by atomic mass is 9.98. The van der Waals surface area contributed by atoms with Crippen LogP contribution in [0.25, 0.3) is 0 Å². The number of carbonyl (C=O) groups is 2. The van der Waals surface area contributed by atoms with Crippen molar-refractivity contribution < 1.29 is 19.8 Å². The van der Waals surface area contributed by atoms with E-state index in [4.69, 9.17) is 5.11 Å². The summed E-state index contributed by atoms with van der Waals surface area (Å²) in [5, 5.41) is 18.1. The number of hydrogen-bond acceptors (Lipinski definition) is 4. The number of carbonyl (C=O) groups excluding carboxylic acids is 1. The Balaban J connectivity index is 3.09. The van der Waals surface area contributed by atoms with Crippen molar-refractivity contribution in [2.75, 3.05) is 5.75 Å². The molecule has 2 N–H and O–H groups in total. The topological polar surface area (TPSA) is 74.6 Å². The van der Waals surface area contributed by atoms with E-state index in [2.05, 4.69) is 12.6 Å². The Morgan fingerprint density at radius 2 is 1.94 bits per heavy atom. The maximum absolute atomic E-state index is 11.6. The van der Waals surface area contributed by atoms with Crippen molar-refractivity contribution in [1.82, 2.24) is 0 Å². The average molecular weight is 240 g/mol. The largest absolute Gasteiger partial charge is 0.479 e.